The van der Waals surface area contributed by atoms with Crippen LogP contribution in [0.15, 0.2) is 42.5 Å². The maximum Gasteiger partial charge on any atom is 0.305 e. The molecule has 0 saturated carbocycles. The van der Waals surface area contributed by atoms with Gasteiger partial charge in [0.25, 0.3) is 0 Å². The molecule has 0 fully saturated rings. The van der Waals surface area contributed by atoms with E-state index in [1.807, 2.05) is 56.3 Å². The predicted molar refractivity (Wildman–Crippen MR) is 88.2 cm³/mol. The van der Waals surface area contributed by atoms with Gasteiger partial charge in [0.15, 0.2) is 0 Å². The summed E-state index contributed by atoms with van der Waals surface area (Å²) in [6.07, 6.45) is -0.231. The molecule has 2 N–H and O–H groups in total. The fourth-order valence-corrected chi connectivity index (χ4v) is 2.33. The van der Waals surface area contributed by atoms with Gasteiger partial charge in [0.05, 0.1) is 18.6 Å². The minimum Gasteiger partial charge on any atom is -0.481 e. The lowest BCUT2D eigenvalue weighted by Crippen LogP contribution is -2.33. The summed E-state index contributed by atoms with van der Waals surface area (Å²) in [5.41, 5.74) is 0.768. The highest BCUT2D eigenvalue weighted by atomic mass is 16.5. The monoisotopic (exact) mass is 315 g/mol. The van der Waals surface area contributed by atoms with E-state index in [0.717, 1.165) is 16.3 Å². The molecule has 1 amide bonds. The highest BCUT2D eigenvalue weighted by molar-refractivity contribution is 5.84. The maximum absolute atomic E-state index is 11.9. The first-order valence-electron chi connectivity index (χ1n) is 7.57. The number of rotatable bonds is 7. The molecule has 0 aromatic heterocycles. The zero-order chi connectivity index (χ0) is 16.8. The topological polar surface area (TPSA) is 75.6 Å². The van der Waals surface area contributed by atoms with E-state index in [-0.39, 0.29) is 25.0 Å². The van der Waals surface area contributed by atoms with Crippen LogP contribution in [0.25, 0.3) is 10.8 Å². The van der Waals surface area contributed by atoms with Gasteiger partial charge in [-0.3, -0.25) is 9.59 Å². The molecule has 0 unspecified atom stereocenters. The molecule has 23 heavy (non-hydrogen) atoms. The highest BCUT2D eigenvalue weighted by Crippen LogP contribution is 2.22. The van der Waals surface area contributed by atoms with Gasteiger partial charge < -0.3 is 15.2 Å². The van der Waals surface area contributed by atoms with E-state index in [1.54, 1.807) is 0 Å². The molecule has 0 radical (unpaired) electrons. The second-order valence-electron chi connectivity index (χ2n) is 5.68. The molecular weight excluding hydrogens is 294 g/mol. The summed E-state index contributed by atoms with van der Waals surface area (Å²) in [4.78, 5) is 23.1. The van der Waals surface area contributed by atoms with Crippen molar-refractivity contribution in [2.75, 3.05) is 6.61 Å². The lowest BCUT2D eigenvalue weighted by atomic mass is 9.99. The Morgan fingerprint density at radius 1 is 1.13 bits per heavy atom. The van der Waals surface area contributed by atoms with Gasteiger partial charge in [-0.15, -0.1) is 0 Å². The van der Waals surface area contributed by atoms with Crippen molar-refractivity contribution in [2.45, 2.75) is 32.4 Å². The first-order chi connectivity index (χ1) is 11.0. The van der Waals surface area contributed by atoms with Crippen molar-refractivity contribution >= 4 is 22.6 Å². The number of carbonyl (C=O) groups is 2. The Bertz CT molecular complexity index is 696. The lowest BCUT2D eigenvalue weighted by molar-refractivity contribution is -0.138. The lowest BCUT2D eigenvalue weighted by Gasteiger charge is -2.18. The summed E-state index contributed by atoms with van der Waals surface area (Å²) in [5, 5.41) is 13.9. The molecule has 0 aliphatic heterocycles. The van der Waals surface area contributed by atoms with Crippen LogP contribution in [0.4, 0.5) is 0 Å². The number of nitrogens with one attached hydrogen (secondary N) is 1. The molecule has 0 bridgehead atoms. The number of hydrogen-bond acceptors (Lipinski definition) is 3. The Morgan fingerprint density at radius 3 is 2.48 bits per heavy atom. The van der Waals surface area contributed by atoms with Crippen LogP contribution in [0.5, 0.6) is 0 Å². The smallest absolute Gasteiger partial charge is 0.305 e. The number of carboxylic acid groups (broad SMARTS) is 1. The van der Waals surface area contributed by atoms with Gasteiger partial charge in [-0.2, -0.15) is 0 Å². The van der Waals surface area contributed by atoms with Gasteiger partial charge in [0.1, 0.15) is 6.61 Å². The minimum absolute atomic E-state index is 0.0562. The van der Waals surface area contributed by atoms with Crippen molar-refractivity contribution in [1.82, 2.24) is 5.32 Å². The molecule has 2 rings (SSSR count). The third-order valence-electron chi connectivity index (χ3n) is 3.44. The molecule has 5 nitrogen and oxygen atoms in total. The van der Waals surface area contributed by atoms with E-state index >= 15 is 0 Å². The average molecular weight is 315 g/mol. The van der Waals surface area contributed by atoms with Gasteiger partial charge >= 0.3 is 5.97 Å². The van der Waals surface area contributed by atoms with Crippen LogP contribution in [-0.4, -0.2) is 29.7 Å². The Hall–Kier alpha value is -2.40. The first-order valence-corrected chi connectivity index (χ1v) is 7.57. The van der Waals surface area contributed by atoms with E-state index < -0.39 is 12.0 Å². The number of benzene rings is 2. The number of amides is 1. The summed E-state index contributed by atoms with van der Waals surface area (Å²) < 4.78 is 5.26. The van der Waals surface area contributed by atoms with Crippen molar-refractivity contribution in [3.63, 3.8) is 0 Å². The number of ether oxygens (including phenoxy) is 1. The standard InChI is InChI=1S/C18H21NO4/c1-12(2)23-11-17(20)19-16(10-18(21)22)15-8-7-13-5-3-4-6-14(13)9-15/h3-9,12,16H,10-11H2,1-2H3,(H,19,20)(H,21,22)/t16-/m0/s1. The summed E-state index contributed by atoms with van der Waals surface area (Å²) in [5.74, 6) is -1.29. The Morgan fingerprint density at radius 2 is 1.83 bits per heavy atom. The number of hydrogen-bond donors (Lipinski definition) is 2. The van der Waals surface area contributed by atoms with Crippen LogP contribution in [0, 0.1) is 0 Å². The molecule has 0 spiro atoms. The van der Waals surface area contributed by atoms with Crippen molar-refractivity contribution in [3.05, 3.63) is 48.0 Å². The van der Waals surface area contributed by atoms with Gasteiger partial charge in [-0.05, 0) is 36.2 Å². The van der Waals surface area contributed by atoms with Crippen LogP contribution in [-0.2, 0) is 14.3 Å². The van der Waals surface area contributed by atoms with Crippen molar-refractivity contribution < 1.29 is 19.4 Å². The predicted octanol–water partition coefficient (Wildman–Crippen LogP) is 2.90. The van der Waals surface area contributed by atoms with Crippen LogP contribution < -0.4 is 5.32 Å². The Balaban J connectivity index is 2.18. The maximum atomic E-state index is 11.9. The largest absolute Gasteiger partial charge is 0.481 e. The minimum atomic E-state index is -0.965. The third-order valence-corrected chi connectivity index (χ3v) is 3.44. The number of fused-ring (bicyclic) bond motifs is 1. The molecule has 2 aromatic rings. The molecule has 2 aromatic carbocycles. The summed E-state index contributed by atoms with van der Waals surface area (Å²) in [7, 11) is 0. The van der Waals surface area contributed by atoms with Gasteiger partial charge in [-0.1, -0.05) is 36.4 Å². The SMILES string of the molecule is CC(C)OCC(=O)N[C@@H](CC(=O)O)c1ccc2ccccc2c1. The van der Waals surface area contributed by atoms with Crippen LogP contribution in [0.2, 0.25) is 0 Å². The number of aliphatic carboxylic acids is 1. The van der Waals surface area contributed by atoms with Gasteiger partial charge in [0.2, 0.25) is 5.91 Å². The number of carboxylic acids is 1. The van der Waals surface area contributed by atoms with Crippen LogP contribution >= 0.6 is 0 Å². The van der Waals surface area contributed by atoms with Crippen LogP contribution in [0.3, 0.4) is 0 Å². The molecule has 0 saturated heterocycles. The highest BCUT2D eigenvalue weighted by Gasteiger charge is 2.18. The molecular formula is C18H21NO4. The first kappa shape index (κ1) is 17.0. The quantitative estimate of drug-likeness (QED) is 0.824. The van der Waals surface area contributed by atoms with Crippen molar-refractivity contribution in [3.8, 4) is 0 Å². The summed E-state index contributed by atoms with van der Waals surface area (Å²) in [6.45, 7) is 3.60. The van der Waals surface area contributed by atoms with Crippen molar-refractivity contribution in [2.24, 2.45) is 0 Å². The van der Waals surface area contributed by atoms with E-state index in [2.05, 4.69) is 5.32 Å². The van der Waals surface area contributed by atoms with E-state index in [1.165, 1.54) is 0 Å². The molecule has 0 heterocycles. The molecule has 0 aliphatic carbocycles. The zero-order valence-electron chi connectivity index (χ0n) is 13.3. The van der Waals surface area contributed by atoms with E-state index in [9.17, 15) is 9.59 Å². The second-order valence-corrected chi connectivity index (χ2v) is 5.68. The zero-order valence-corrected chi connectivity index (χ0v) is 13.3. The van der Waals surface area contributed by atoms with Gasteiger partial charge in [-0.25, -0.2) is 0 Å². The molecule has 0 aliphatic rings. The molecule has 122 valence electrons. The fourth-order valence-electron chi connectivity index (χ4n) is 2.33. The normalized spacial score (nSPS) is 12.3. The summed E-state index contributed by atoms with van der Waals surface area (Å²) >= 11 is 0. The fraction of sp³-hybridized carbons (Fsp3) is 0.333. The Labute approximate surface area is 135 Å². The van der Waals surface area contributed by atoms with E-state index in [0.29, 0.717) is 0 Å². The molecule has 1 atom stereocenters. The summed E-state index contributed by atoms with van der Waals surface area (Å²) in [6, 6.07) is 12.9. The van der Waals surface area contributed by atoms with Crippen LogP contribution in [0.1, 0.15) is 31.9 Å². The van der Waals surface area contributed by atoms with Gasteiger partial charge in [0, 0.05) is 0 Å². The Kier molecular flexibility index (Phi) is 5.71. The third kappa shape index (κ3) is 5.07. The number of carbonyl (C=O) groups excluding carboxylic acids is 1. The van der Waals surface area contributed by atoms with Crippen molar-refractivity contribution in [1.29, 1.82) is 0 Å². The molecule has 5 heteroatoms. The average Bonchev–Trinajstić information content (AvgIpc) is 2.51. The van der Waals surface area contributed by atoms with E-state index in [4.69, 9.17) is 9.84 Å². The second kappa shape index (κ2) is 7.74.